The van der Waals surface area contributed by atoms with Crippen molar-refractivity contribution in [2.24, 2.45) is 18.9 Å². The molecule has 0 saturated heterocycles. The molecule has 1 aliphatic heterocycles. The Hall–Kier alpha value is -3.92. The Morgan fingerprint density at radius 2 is 1.98 bits per heavy atom. The molecule has 2 bridgehead atoms. The van der Waals surface area contributed by atoms with Crippen molar-refractivity contribution >= 4 is 28.6 Å². The summed E-state index contributed by atoms with van der Waals surface area (Å²) >= 11 is 0. The number of aryl methyl sites for hydroxylation is 2. The maximum Gasteiger partial charge on any atom is 0.258 e. The third-order valence-electron chi connectivity index (χ3n) is 8.07. The van der Waals surface area contributed by atoms with Crippen LogP contribution in [0.2, 0.25) is 0 Å². The predicted octanol–water partition coefficient (Wildman–Crippen LogP) is 4.95. The third-order valence-corrected chi connectivity index (χ3v) is 8.07. The maximum absolute atomic E-state index is 13.7. The Kier molecular flexibility index (Phi) is 7.42. The fourth-order valence-corrected chi connectivity index (χ4v) is 6.05. The molecule has 1 amide bonds. The molecule has 1 fully saturated rings. The number of pyridine rings is 1. The topological polar surface area (TPSA) is 102 Å². The van der Waals surface area contributed by atoms with Gasteiger partial charge in [0, 0.05) is 43.1 Å². The first-order valence-corrected chi connectivity index (χ1v) is 14.6. The van der Waals surface area contributed by atoms with E-state index in [1.807, 2.05) is 20.0 Å². The largest absolute Gasteiger partial charge is 0.477 e. The number of likely N-dealkylation sites (N-methyl/N-ethyl adjacent to an activating group) is 1. The Balaban J connectivity index is 1.40. The molecule has 1 aromatic carbocycles. The lowest BCUT2D eigenvalue weighted by atomic mass is 9.97. The average molecular weight is 557 g/mol. The van der Waals surface area contributed by atoms with E-state index in [2.05, 4.69) is 64.4 Å². The maximum atomic E-state index is 13.7. The van der Waals surface area contributed by atoms with Gasteiger partial charge < -0.3 is 19.5 Å². The Morgan fingerprint density at radius 1 is 1.15 bits per heavy atom. The summed E-state index contributed by atoms with van der Waals surface area (Å²) in [5.41, 5.74) is 5.64. The summed E-state index contributed by atoms with van der Waals surface area (Å²) in [6, 6.07) is 10.2. The number of nitrogens with one attached hydrogen (secondary N) is 2. The van der Waals surface area contributed by atoms with Crippen LogP contribution in [-0.2, 0) is 13.6 Å². The number of aromatic nitrogens is 5. The smallest absolute Gasteiger partial charge is 0.258 e. The number of hydrogen-bond acceptors (Lipinski definition) is 7. The molecule has 216 valence electrons. The van der Waals surface area contributed by atoms with Gasteiger partial charge in [-0.25, -0.2) is 9.67 Å². The zero-order valence-corrected chi connectivity index (χ0v) is 24.6. The van der Waals surface area contributed by atoms with Crippen LogP contribution < -0.4 is 15.4 Å². The van der Waals surface area contributed by atoms with E-state index in [0.29, 0.717) is 41.5 Å². The Morgan fingerprint density at radius 3 is 2.76 bits per heavy atom. The lowest BCUT2D eigenvalue weighted by Crippen LogP contribution is -2.29. The number of benzene rings is 1. The van der Waals surface area contributed by atoms with Crippen molar-refractivity contribution in [2.45, 2.75) is 52.1 Å². The van der Waals surface area contributed by atoms with E-state index in [1.54, 1.807) is 16.9 Å². The molecule has 1 saturated carbocycles. The van der Waals surface area contributed by atoms with Crippen molar-refractivity contribution in [1.29, 1.82) is 0 Å². The van der Waals surface area contributed by atoms with Gasteiger partial charge in [0.25, 0.3) is 5.91 Å². The highest BCUT2D eigenvalue weighted by molar-refractivity contribution is 6.05. The molecule has 2 atom stereocenters. The van der Waals surface area contributed by atoms with E-state index >= 15 is 0 Å². The zero-order chi connectivity index (χ0) is 28.7. The minimum absolute atomic E-state index is 0.213. The fourth-order valence-electron chi connectivity index (χ4n) is 6.05. The van der Waals surface area contributed by atoms with Crippen LogP contribution >= 0.6 is 0 Å². The van der Waals surface area contributed by atoms with E-state index < -0.39 is 0 Å². The van der Waals surface area contributed by atoms with Crippen LogP contribution in [-0.4, -0.2) is 68.4 Å². The second-order valence-electron chi connectivity index (χ2n) is 12.0. The highest BCUT2D eigenvalue weighted by Gasteiger charge is 2.32. The summed E-state index contributed by atoms with van der Waals surface area (Å²) in [4.78, 5) is 25.5. The molecule has 1 aliphatic carbocycles. The van der Waals surface area contributed by atoms with Crippen LogP contribution in [0.1, 0.15) is 48.7 Å². The SMILES string of the molecule is Cc1cc2cc(n1)-c1cnn(C)c1OCCCC(C1CC1)Cn1c(nc3cc(NC(C)CN(C)C)ccc31)NC2=O. The van der Waals surface area contributed by atoms with Crippen LogP contribution in [0, 0.1) is 18.8 Å². The zero-order valence-electron chi connectivity index (χ0n) is 24.6. The van der Waals surface area contributed by atoms with Gasteiger partial charge in [-0.2, -0.15) is 5.10 Å². The molecule has 4 aromatic rings. The predicted molar refractivity (Wildman–Crippen MR) is 161 cm³/mol. The van der Waals surface area contributed by atoms with Crippen molar-refractivity contribution in [3.05, 3.63) is 47.8 Å². The fraction of sp³-hybridized carbons (Fsp3) is 0.484. The number of ether oxygens (including phenoxy) is 1. The molecule has 0 radical (unpaired) electrons. The first-order chi connectivity index (χ1) is 19.7. The molecule has 0 spiro atoms. The van der Waals surface area contributed by atoms with Crippen LogP contribution in [0.15, 0.2) is 36.5 Å². The van der Waals surface area contributed by atoms with Gasteiger partial charge in [-0.05, 0) is 95.8 Å². The summed E-state index contributed by atoms with van der Waals surface area (Å²) in [6.45, 7) is 6.40. The van der Waals surface area contributed by atoms with E-state index in [9.17, 15) is 4.79 Å². The molecule has 2 aliphatic rings. The van der Waals surface area contributed by atoms with E-state index in [-0.39, 0.29) is 11.9 Å². The lowest BCUT2D eigenvalue weighted by molar-refractivity contribution is 0.102. The second kappa shape index (κ2) is 11.2. The summed E-state index contributed by atoms with van der Waals surface area (Å²) in [6.07, 6.45) is 6.23. The monoisotopic (exact) mass is 556 g/mol. The number of carbonyl (C=O) groups excluding carboxylic acids is 1. The highest BCUT2D eigenvalue weighted by atomic mass is 16.5. The van der Waals surface area contributed by atoms with Crippen LogP contribution in [0.4, 0.5) is 11.6 Å². The van der Waals surface area contributed by atoms with Crippen LogP contribution in [0.3, 0.4) is 0 Å². The minimum Gasteiger partial charge on any atom is -0.477 e. The highest BCUT2D eigenvalue weighted by Crippen LogP contribution is 2.41. The first kappa shape index (κ1) is 27.3. The van der Waals surface area contributed by atoms with E-state index in [1.165, 1.54) is 12.8 Å². The van der Waals surface area contributed by atoms with Crippen molar-refractivity contribution in [1.82, 2.24) is 29.2 Å². The molecular formula is C31H40N8O2. The molecule has 10 nitrogen and oxygen atoms in total. The third kappa shape index (κ3) is 5.93. The quantitative estimate of drug-likeness (QED) is 0.359. The Bertz CT molecular complexity index is 1570. The van der Waals surface area contributed by atoms with Gasteiger partial charge in [0.2, 0.25) is 11.8 Å². The van der Waals surface area contributed by atoms with Gasteiger partial charge in [-0.15, -0.1) is 0 Å². The summed E-state index contributed by atoms with van der Waals surface area (Å²) in [5, 5.41) is 11.2. The van der Waals surface area contributed by atoms with Crippen molar-refractivity contribution in [3.63, 3.8) is 0 Å². The molecule has 10 heteroatoms. The number of hydrogen-bond donors (Lipinski definition) is 2. The number of fused-ring (bicyclic) bond motifs is 7. The number of nitrogens with zero attached hydrogens (tertiary/aromatic N) is 6. The van der Waals surface area contributed by atoms with Crippen molar-refractivity contribution in [2.75, 3.05) is 37.9 Å². The molecule has 2 unspecified atom stereocenters. The minimum atomic E-state index is -0.213. The van der Waals surface area contributed by atoms with Gasteiger partial charge in [0.05, 0.1) is 35.1 Å². The first-order valence-electron chi connectivity index (χ1n) is 14.6. The molecular weight excluding hydrogens is 516 g/mol. The number of anilines is 2. The Labute approximate surface area is 241 Å². The summed E-state index contributed by atoms with van der Waals surface area (Å²) in [5.74, 6) is 2.21. The standard InChI is InChI=1S/C31H40N8O2/c1-19-13-23-14-26(34-19)25-16-32-38(5)30(25)41-12-6-7-22(21-8-9-21)18-39-28-11-10-24(33-20(2)17-37(3)4)15-27(28)35-31(39)36-29(23)40/h10-11,13-16,20-22,33H,6-9,12,17-18H2,1-5H3,(H,35,36,40). The molecule has 2 N–H and O–H groups in total. The normalized spacial score (nSPS) is 18.6. The number of imidazole rings is 1. The van der Waals surface area contributed by atoms with Gasteiger partial charge in [0.1, 0.15) is 0 Å². The van der Waals surface area contributed by atoms with Crippen LogP contribution in [0.5, 0.6) is 5.88 Å². The van der Waals surface area contributed by atoms with Crippen molar-refractivity contribution < 1.29 is 9.53 Å². The average Bonchev–Trinajstić information content (AvgIpc) is 3.62. The lowest BCUT2D eigenvalue weighted by Gasteiger charge is -2.20. The number of rotatable bonds is 5. The van der Waals surface area contributed by atoms with Crippen molar-refractivity contribution in [3.8, 4) is 17.1 Å². The molecule has 3 aromatic heterocycles. The van der Waals surface area contributed by atoms with E-state index in [0.717, 1.165) is 53.9 Å². The van der Waals surface area contributed by atoms with Crippen LogP contribution in [0.25, 0.3) is 22.3 Å². The van der Waals surface area contributed by atoms with Gasteiger partial charge in [0.15, 0.2) is 0 Å². The summed E-state index contributed by atoms with van der Waals surface area (Å²) in [7, 11) is 6.02. The second-order valence-corrected chi connectivity index (χ2v) is 12.0. The molecule has 41 heavy (non-hydrogen) atoms. The summed E-state index contributed by atoms with van der Waals surface area (Å²) < 4.78 is 10.2. The van der Waals surface area contributed by atoms with Gasteiger partial charge in [-0.3, -0.25) is 15.1 Å². The molecule has 4 heterocycles. The number of amides is 1. The van der Waals surface area contributed by atoms with Gasteiger partial charge >= 0.3 is 0 Å². The number of carbonyl (C=O) groups is 1. The molecule has 6 rings (SSSR count). The van der Waals surface area contributed by atoms with Gasteiger partial charge in [-0.1, -0.05) is 0 Å². The van der Waals surface area contributed by atoms with E-state index in [4.69, 9.17) is 14.7 Å².